The molecule has 0 bridgehead atoms. The van der Waals surface area contributed by atoms with Gasteiger partial charge in [0.25, 0.3) is 5.91 Å². The van der Waals surface area contributed by atoms with Crippen LogP contribution in [0.2, 0.25) is 0 Å². The second-order valence-electron chi connectivity index (χ2n) is 5.37. The number of aromatic nitrogens is 2. The molecule has 19 heavy (non-hydrogen) atoms. The van der Waals surface area contributed by atoms with E-state index in [1.165, 1.54) is 0 Å². The maximum Gasteiger partial charge on any atom is 0.275 e. The molecule has 5 heteroatoms. The molecule has 5 nitrogen and oxygen atoms in total. The van der Waals surface area contributed by atoms with Crippen molar-refractivity contribution in [2.45, 2.75) is 19.4 Å². The fourth-order valence-corrected chi connectivity index (χ4v) is 1.94. The summed E-state index contributed by atoms with van der Waals surface area (Å²) in [6.07, 6.45) is 0. The van der Waals surface area contributed by atoms with E-state index in [1.807, 2.05) is 45.2 Å². The number of rotatable bonds is 3. The lowest BCUT2D eigenvalue weighted by Crippen LogP contribution is -2.50. The van der Waals surface area contributed by atoms with Crippen molar-refractivity contribution in [2.24, 2.45) is 12.8 Å². The first-order valence-electron chi connectivity index (χ1n) is 6.28. The van der Waals surface area contributed by atoms with Gasteiger partial charge in [-0.3, -0.25) is 9.48 Å². The highest BCUT2D eigenvalue weighted by Crippen LogP contribution is 2.21. The van der Waals surface area contributed by atoms with E-state index in [4.69, 9.17) is 5.73 Å². The lowest BCUT2D eigenvalue weighted by Gasteiger charge is -2.34. The van der Waals surface area contributed by atoms with Crippen molar-refractivity contribution in [2.75, 3.05) is 13.6 Å². The van der Waals surface area contributed by atoms with Crippen LogP contribution in [0.5, 0.6) is 0 Å². The fourth-order valence-electron chi connectivity index (χ4n) is 1.94. The molecule has 0 aliphatic carbocycles. The number of amides is 1. The van der Waals surface area contributed by atoms with Gasteiger partial charge in [-0.15, -0.1) is 0 Å². The van der Waals surface area contributed by atoms with E-state index < -0.39 is 5.54 Å². The number of benzene rings is 1. The number of carbonyl (C=O) groups excluding carboxylic acids is 1. The molecule has 1 heterocycles. The first kappa shape index (κ1) is 13.5. The van der Waals surface area contributed by atoms with E-state index in [0.29, 0.717) is 12.2 Å². The zero-order valence-electron chi connectivity index (χ0n) is 11.8. The van der Waals surface area contributed by atoms with Crippen LogP contribution < -0.4 is 5.73 Å². The number of carbonyl (C=O) groups is 1. The molecule has 0 saturated heterocycles. The summed E-state index contributed by atoms with van der Waals surface area (Å²) in [5.41, 5.74) is 6.75. The second kappa shape index (κ2) is 4.66. The summed E-state index contributed by atoms with van der Waals surface area (Å²) in [5.74, 6) is -0.104. The van der Waals surface area contributed by atoms with Crippen molar-refractivity contribution in [1.29, 1.82) is 0 Å². The van der Waals surface area contributed by atoms with Crippen molar-refractivity contribution in [1.82, 2.24) is 14.7 Å². The van der Waals surface area contributed by atoms with Crippen molar-refractivity contribution in [3.63, 3.8) is 0 Å². The Kier molecular flexibility index (Phi) is 3.32. The average Bonchev–Trinajstić information content (AvgIpc) is 2.75. The minimum absolute atomic E-state index is 0.104. The van der Waals surface area contributed by atoms with Crippen molar-refractivity contribution in [3.05, 3.63) is 30.0 Å². The monoisotopic (exact) mass is 260 g/mol. The van der Waals surface area contributed by atoms with Crippen molar-refractivity contribution < 1.29 is 4.79 Å². The number of likely N-dealkylation sites (N-methyl/N-ethyl adjacent to an activating group) is 1. The smallest absolute Gasteiger partial charge is 0.275 e. The summed E-state index contributed by atoms with van der Waals surface area (Å²) in [5, 5.41) is 5.21. The Hall–Kier alpha value is -1.88. The molecule has 0 aliphatic heterocycles. The number of aryl methyl sites for hydroxylation is 1. The maximum atomic E-state index is 12.6. The van der Waals surface area contributed by atoms with E-state index in [9.17, 15) is 4.79 Å². The maximum absolute atomic E-state index is 12.6. The van der Waals surface area contributed by atoms with Crippen LogP contribution in [-0.4, -0.2) is 39.7 Å². The zero-order valence-corrected chi connectivity index (χ0v) is 11.8. The molecule has 1 amide bonds. The Balaban J connectivity index is 2.48. The molecule has 2 N–H and O–H groups in total. The van der Waals surface area contributed by atoms with Gasteiger partial charge in [-0.05, 0) is 19.9 Å². The molecule has 102 valence electrons. The van der Waals surface area contributed by atoms with Crippen LogP contribution in [0.25, 0.3) is 10.9 Å². The number of hydrogen-bond donors (Lipinski definition) is 1. The van der Waals surface area contributed by atoms with E-state index in [1.54, 1.807) is 16.6 Å². The molecule has 0 radical (unpaired) electrons. The Morgan fingerprint density at radius 1 is 1.42 bits per heavy atom. The van der Waals surface area contributed by atoms with Gasteiger partial charge in [-0.1, -0.05) is 18.2 Å². The van der Waals surface area contributed by atoms with Gasteiger partial charge in [0.05, 0.1) is 5.52 Å². The standard InChI is InChI=1S/C14H20N4O/c1-14(2,9-15)17(3)13(19)12-10-7-5-6-8-11(10)18(4)16-12/h5-8H,9,15H2,1-4H3. The molecule has 2 rings (SSSR count). The molecule has 0 atom stereocenters. The van der Waals surface area contributed by atoms with E-state index >= 15 is 0 Å². The summed E-state index contributed by atoms with van der Waals surface area (Å²) in [4.78, 5) is 14.2. The first-order valence-corrected chi connectivity index (χ1v) is 6.28. The highest BCUT2D eigenvalue weighted by Gasteiger charge is 2.29. The average molecular weight is 260 g/mol. The van der Waals surface area contributed by atoms with Crippen LogP contribution in [0.15, 0.2) is 24.3 Å². The SMILES string of the molecule is CN(C(=O)c1nn(C)c2ccccc12)C(C)(C)CN. The predicted octanol–water partition coefficient (Wildman–Crippen LogP) is 1.38. The molecule has 0 saturated carbocycles. The van der Waals surface area contributed by atoms with Gasteiger partial charge < -0.3 is 10.6 Å². The zero-order chi connectivity index (χ0) is 14.2. The molecule has 0 spiro atoms. The summed E-state index contributed by atoms with van der Waals surface area (Å²) in [6.45, 7) is 4.28. The van der Waals surface area contributed by atoms with Crippen LogP contribution >= 0.6 is 0 Å². The van der Waals surface area contributed by atoms with Gasteiger partial charge in [0.2, 0.25) is 0 Å². The molecule has 0 unspecified atom stereocenters. The Morgan fingerprint density at radius 3 is 2.68 bits per heavy atom. The molecule has 1 aromatic carbocycles. The Morgan fingerprint density at radius 2 is 2.05 bits per heavy atom. The summed E-state index contributed by atoms with van der Waals surface area (Å²) in [6, 6.07) is 7.71. The number of hydrogen-bond acceptors (Lipinski definition) is 3. The third-order valence-corrected chi connectivity index (χ3v) is 3.67. The van der Waals surface area contributed by atoms with Crippen LogP contribution in [0.1, 0.15) is 24.3 Å². The number of fused-ring (bicyclic) bond motifs is 1. The minimum Gasteiger partial charge on any atom is -0.334 e. The van der Waals surface area contributed by atoms with Crippen LogP contribution in [0.3, 0.4) is 0 Å². The van der Waals surface area contributed by atoms with E-state index in [-0.39, 0.29) is 5.91 Å². The van der Waals surface area contributed by atoms with Crippen LogP contribution in [0, 0.1) is 0 Å². The fraction of sp³-hybridized carbons (Fsp3) is 0.429. The van der Waals surface area contributed by atoms with E-state index in [0.717, 1.165) is 10.9 Å². The Labute approximate surface area is 113 Å². The second-order valence-corrected chi connectivity index (χ2v) is 5.37. The summed E-state index contributed by atoms with van der Waals surface area (Å²) >= 11 is 0. The molecule has 1 aromatic heterocycles. The highest BCUT2D eigenvalue weighted by atomic mass is 16.2. The largest absolute Gasteiger partial charge is 0.334 e. The molecule has 0 fully saturated rings. The minimum atomic E-state index is -0.393. The van der Waals surface area contributed by atoms with Gasteiger partial charge in [-0.25, -0.2) is 0 Å². The highest BCUT2D eigenvalue weighted by molar-refractivity contribution is 6.05. The predicted molar refractivity (Wildman–Crippen MR) is 75.9 cm³/mol. The third kappa shape index (κ3) is 2.21. The number of nitrogens with two attached hydrogens (primary N) is 1. The third-order valence-electron chi connectivity index (χ3n) is 3.67. The lowest BCUT2D eigenvalue weighted by molar-refractivity contribution is 0.0635. The lowest BCUT2D eigenvalue weighted by atomic mass is 10.0. The van der Waals surface area contributed by atoms with Crippen LogP contribution in [0.4, 0.5) is 0 Å². The van der Waals surface area contributed by atoms with Gasteiger partial charge in [0, 0.05) is 31.6 Å². The van der Waals surface area contributed by atoms with Crippen molar-refractivity contribution >= 4 is 16.8 Å². The molecule has 2 aromatic rings. The number of nitrogens with zero attached hydrogens (tertiary/aromatic N) is 3. The number of para-hydroxylation sites is 1. The quantitative estimate of drug-likeness (QED) is 0.907. The van der Waals surface area contributed by atoms with E-state index in [2.05, 4.69) is 5.10 Å². The molecular formula is C14H20N4O. The van der Waals surface area contributed by atoms with Crippen molar-refractivity contribution in [3.8, 4) is 0 Å². The Bertz CT molecular complexity index is 615. The topological polar surface area (TPSA) is 64.2 Å². The van der Waals surface area contributed by atoms with Gasteiger partial charge in [0.15, 0.2) is 5.69 Å². The summed E-state index contributed by atoms with van der Waals surface area (Å²) in [7, 11) is 3.60. The first-order chi connectivity index (χ1) is 8.88. The van der Waals surface area contributed by atoms with Gasteiger partial charge >= 0.3 is 0 Å². The molecule has 0 aliphatic rings. The normalized spacial score (nSPS) is 11.8. The summed E-state index contributed by atoms with van der Waals surface area (Å²) < 4.78 is 1.73. The van der Waals surface area contributed by atoms with Crippen LogP contribution in [-0.2, 0) is 7.05 Å². The van der Waals surface area contributed by atoms with Gasteiger partial charge in [0.1, 0.15) is 0 Å². The van der Waals surface area contributed by atoms with Gasteiger partial charge in [-0.2, -0.15) is 5.10 Å². The molecular weight excluding hydrogens is 240 g/mol.